The second-order valence-electron chi connectivity index (χ2n) is 6.75. The summed E-state index contributed by atoms with van der Waals surface area (Å²) in [7, 11) is 0. The summed E-state index contributed by atoms with van der Waals surface area (Å²) in [4.78, 5) is 24.0. The van der Waals surface area contributed by atoms with Gasteiger partial charge in [0.15, 0.2) is 5.75 Å². The third-order valence-electron chi connectivity index (χ3n) is 3.27. The Kier molecular flexibility index (Phi) is 6.62. The molecule has 140 valence electrons. The normalized spacial score (nSPS) is 10.4. The molecule has 0 atom stereocenters. The van der Waals surface area contributed by atoms with E-state index in [-0.39, 0.29) is 12.2 Å². The number of benzene rings is 2. The number of nitrogens with one attached hydrogen (secondary N) is 1. The van der Waals surface area contributed by atoms with E-state index < -0.39 is 17.7 Å². The highest BCUT2D eigenvalue weighted by molar-refractivity contribution is 5.89. The molecule has 1 amide bonds. The Balaban J connectivity index is 2.37. The van der Waals surface area contributed by atoms with Gasteiger partial charge in [0.2, 0.25) is 0 Å². The van der Waals surface area contributed by atoms with Crippen molar-refractivity contribution < 1.29 is 19.1 Å². The average Bonchev–Trinajstić information content (AvgIpc) is 2.61. The fourth-order valence-electron chi connectivity index (χ4n) is 2.10. The third kappa shape index (κ3) is 6.52. The van der Waals surface area contributed by atoms with Gasteiger partial charge in [0, 0.05) is 12.0 Å². The lowest BCUT2D eigenvalue weighted by Gasteiger charge is -2.20. The number of hydrogen-bond acceptors (Lipinski definition) is 4. The number of ether oxygens (including phenoxy) is 2. The molecule has 0 spiro atoms. The smallest absolute Gasteiger partial charge is 0.412 e. The molecule has 2 aromatic rings. The first-order valence-electron chi connectivity index (χ1n) is 8.69. The lowest BCUT2D eigenvalue weighted by atomic mass is 10.1. The van der Waals surface area contributed by atoms with E-state index in [9.17, 15) is 9.59 Å². The third-order valence-corrected chi connectivity index (χ3v) is 3.27. The Morgan fingerprint density at radius 3 is 2.33 bits per heavy atom. The van der Waals surface area contributed by atoms with Crippen LogP contribution in [0.2, 0.25) is 0 Å². The van der Waals surface area contributed by atoms with Crippen molar-refractivity contribution in [1.82, 2.24) is 0 Å². The van der Waals surface area contributed by atoms with Gasteiger partial charge in [-0.3, -0.25) is 10.1 Å². The van der Waals surface area contributed by atoms with Gasteiger partial charge >= 0.3 is 12.1 Å². The summed E-state index contributed by atoms with van der Waals surface area (Å²) >= 11 is 0. The highest BCUT2D eigenvalue weighted by Crippen LogP contribution is 2.29. The highest BCUT2D eigenvalue weighted by atomic mass is 16.6. The number of anilines is 1. The van der Waals surface area contributed by atoms with Crippen LogP contribution in [-0.4, -0.2) is 17.7 Å². The Morgan fingerprint density at radius 1 is 1.00 bits per heavy atom. The van der Waals surface area contributed by atoms with Crippen LogP contribution < -0.4 is 10.1 Å². The molecule has 2 rings (SSSR count). The van der Waals surface area contributed by atoms with Gasteiger partial charge in [-0.2, -0.15) is 0 Å². The topological polar surface area (TPSA) is 64.6 Å². The van der Waals surface area contributed by atoms with Crippen LogP contribution in [0.3, 0.4) is 0 Å². The van der Waals surface area contributed by atoms with E-state index in [1.807, 2.05) is 30.3 Å². The molecule has 0 bridgehead atoms. The van der Waals surface area contributed by atoms with Crippen molar-refractivity contribution in [1.29, 1.82) is 0 Å². The molecule has 0 saturated heterocycles. The maximum atomic E-state index is 12.1. The van der Waals surface area contributed by atoms with Crippen molar-refractivity contribution in [3.05, 3.63) is 59.7 Å². The Labute approximate surface area is 159 Å². The van der Waals surface area contributed by atoms with Crippen LogP contribution in [-0.2, 0) is 9.53 Å². The summed E-state index contributed by atoms with van der Waals surface area (Å²) in [5.41, 5.74) is 1.01. The van der Waals surface area contributed by atoms with E-state index in [1.165, 1.54) is 0 Å². The van der Waals surface area contributed by atoms with Crippen molar-refractivity contribution in [2.24, 2.45) is 0 Å². The number of carbonyl (C=O) groups is 2. The molecule has 1 N–H and O–H groups in total. The van der Waals surface area contributed by atoms with Crippen molar-refractivity contribution in [2.75, 3.05) is 5.32 Å². The quantitative estimate of drug-likeness (QED) is 0.484. The van der Waals surface area contributed by atoms with E-state index >= 15 is 0 Å². The lowest BCUT2D eigenvalue weighted by molar-refractivity contribution is -0.134. The van der Waals surface area contributed by atoms with E-state index in [4.69, 9.17) is 9.47 Å². The predicted molar refractivity (Wildman–Crippen MR) is 105 cm³/mol. The molecule has 2 aromatic carbocycles. The minimum atomic E-state index is -0.644. The van der Waals surface area contributed by atoms with Crippen LogP contribution >= 0.6 is 0 Å². The summed E-state index contributed by atoms with van der Waals surface area (Å²) in [6.45, 7) is 7.01. The summed E-state index contributed by atoms with van der Waals surface area (Å²) in [6, 6.07) is 14.5. The van der Waals surface area contributed by atoms with Crippen molar-refractivity contribution >= 4 is 17.7 Å². The molecule has 0 aliphatic rings. The van der Waals surface area contributed by atoms with E-state index in [0.717, 1.165) is 5.56 Å². The first-order valence-corrected chi connectivity index (χ1v) is 8.69. The monoisotopic (exact) mass is 365 g/mol. The zero-order valence-corrected chi connectivity index (χ0v) is 16.0. The van der Waals surface area contributed by atoms with Gasteiger partial charge in [0.1, 0.15) is 5.60 Å². The summed E-state index contributed by atoms with van der Waals surface area (Å²) in [6.07, 6.45) is -0.434. The van der Waals surface area contributed by atoms with Gasteiger partial charge in [0.05, 0.1) is 11.3 Å². The maximum Gasteiger partial charge on any atom is 0.412 e. The largest absolute Gasteiger partial charge is 0.444 e. The van der Waals surface area contributed by atoms with Gasteiger partial charge in [-0.05, 0) is 45.0 Å². The van der Waals surface area contributed by atoms with Gasteiger partial charge in [-0.25, -0.2) is 4.79 Å². The van der Waals surface area contributed by atoms with Gasteiger partial charge in [-0.15, -0.1) is 0 Å². The maximum absolute atomic E-state index is 12.1. The van der Waals surface area contributed by atoms with Crippen LogP contribution in [0.4, 0.5) is 10.5 Å². The zero-order chi connectivity index (χ0) is 19.9. The number of hydrogen-bond donors (Lipinski definition) is 1. The van der Waals surface area contributed by atoms with E-state index in [2.05, 4.69) is 17.2 Å². The second-order valence-corrected chi connectivity index (χ2v) is 6.75. The van der Waals surface area contributed by atoms with Crippen molar-refractivity contribution in [3.63, 3.8) is 0 Å². The molecule has 0 aliphatic heterocycles. The van der Waals surface area contributed by atoms with Crippen LogP contribution in [0.1, 0.15) is 45.2 Å². The lowest BCUT2D eigenvalue weighted by Crippen LogP contribution is -2.27. The van der Waals surface area contributed by atoms with Crippen LogP contribution in [0, 0.1) is 11.8 Å². The van der Waals surface area contributed by atoms with E-state index in [1.54, 1.807) is 45.9 Å². The number of amides is 1. The second kappa shape index (κ2) is 8.91. The molecular formula is C22H23NO4. The van der Waals surface area contributed by atoms with Crippen molar-refractivity contribution in [2.45, 2.75) is 39.7 Å². The molecule has 5 heteroatoms. The van der Waals surface area contributed by atoms with E-state index in [0.29, 0.717) is 11.3 Å². The predicted octanol–water partition coefficient (Wildman–Crippen LogP) is 4.75. The van der Waals surface area contributed by atoms with Gasteiger partial charge < -0.3 is 9.47 Å². The number of carbonyl (C=O) groups excluding carboxylic acids is 2. The molecule has 27 heavy (non-hydrogen) atoms. The Morgan fingerprint density at radius 2 is 1.70 bits per heavy atom. The van der Waals surface area contributed by atoms with Crippen LogP contribution in [0.5, 0.6) is 5.75 Å². The minimum absolute atomic E-state index is 0.201. The molecule has 0 aromatic heterocycles. The number of esters is 1. The van der Waals surface area contributed by atoms with Crippen LogP contribution in [0.25, 0.3) is 0 Å². The van der Waals surface area contributed by atoms with Crippen molar-refractivity contribution in [3.8, 4) is 17.6 Å². The number of rotatable bonds is 3. The standard InChI is InChI=1S/C22H23NO4/c1-5-19(24)26-20-17(15-14-16-10-7-6-8-11-16)12-9-13-18(20)23-21(25)27-22(2,3)4/h6-13H,5H2,1-4H3,(H,23,25). The van der Waals surface area contributed by atoms with Crippen LogP contribution in [0.15, 0.2) is 48.5 Å². The molecular weight excluding hydrogens is 342 g/mol. The van der Waals surface area contributed by atoms with Gasteiger partial charge in [-0.1, -0.05) is 43.0 Å². The molecule has 0 radical (unpaired) electrons. The Hall–Kier alpha value is -3.26. The SMILES string of the molecule is CCC(=O)Oc1c(C#Cc2ccccc2)cccc1NC(=O)OC(C)(C)C. The average molecular weight is 365 g/mol. The molecule has 0 aliphatic carbocycles. The molecule has 0 unspecified atom stereocenters. The Bertz CT molecular complexity index is 871. The zero-order valence-electron chi connectivity index (χ0n) is 16.0. The van der Waals surface area contributed by atoms with Gasteiger partial charge in [0.25, 0.3) is 0 Å². The molecule has 0 saturated carbocycles. The minimum Gasteiger partial charge on any atom is -0.444 e. The molecule has 0 fully saturated rings. The highest BCUT2D eigenvalue weighted by Gasteiger charge is 2.19. The molecule has 0 heterocycles. The fourth-order valence-corrected chi connectivity index (χ4v) is 2.10. The first-order chi connectivity index (χ1) is 12.8. The summed E-state index contributed by atoms with van der Waals surface area (Å²) < 4.78 is 10.7. The molecule has 5 nitrogen and oxygen atoms in total. The number of para-hydroxylation sites is 1. The first kappa shape index (κ1) is 20.1. The summed E-state index contributed by atoms with van der Waals surface area (Å²) in [5.74, 6) is 5.81. The summed E-state index contributed by atoms with van der Waals surface area (Å²) in [5, 5.41) is 2.63. The fraction of sp³-hybridized carbons (Fsp3) is 0.273.